The molecule has 0 bridgehead atoms. The Morgan fingerprint density at radius 1 is 1.07 bits per heavy atom. The summed E-state index contributed by atoms with van der Waals surface area (Å²) in [5.74, 6) is -0.902. The van der Waals surface area contributed by atoms with E-state index in [0.717, 1.165) is 40.3 Å². The number of alkyl halides is 3. The number of esters is 1. The first-order chi connectivity index (χ1) is 18.4. The van der Waals surface area contributed by atoms with Crippen LogP contribution < -0.4 is 4.90 Å². The van der Waals surface area contributed by atoms with Crippen molar-refractivity contribution in [3.8, 4) is 12.1 Å². The van der Waals surface area contributed by atoms with Gasteiger partial charge in [0.25, 0.3) is 0 Å². The van der Waals surface area contributed by atoms with Crippen molar-refractivity contribution < 1.29 is 35.9 Å². The van der Waals surface area contributed by atoms with Gasteiger partial charge in [0.2, 0.25) is 0 Å². The Kier molecular flexibility index (Phi) is 8.04. The van der Waals surface area contributed by atoms with E-state index in [1.807, 2.05) is 12.1 Å². The van der Waals surface area contributed by atoms with E-state index in [2.05, 4.69) is 0 Å². The van der Waals surface area contributed by atoms with Crippen LogP contribution in [-0.2, 0) is 25.5 Å². The lowest BCUT2D eigenvalue weighted by Gasteiger charge is -2.42. The lowest BCUT2D eigenvalue weighted by atomic mass is 9.93. The molecule has 1 heterocycles. The zero-order valence-corrected chi connectivity index (χ0v) is 23.0. The van der Waals surface area contributed by atoms with Crippen molar-refractivity contribution in [2.24, 2.45) is 0 Å². The predicted octanol–water partition coefficient (Wildman–Crippen LogP) is 5.10. The molecule has 2 aromatic carbocycles. The Morgan fingerprint density at radius 3 is 2.25 bits per heavy atom. The number of hydrogen-bond donors (Lipinski definition) is 0. The number of sulfone groups is 1. The van der Waals surface area contributed by atoms with Crippen molar-refractivity contribution in [2.75, 3.05) is 17.7 Å². The first kappa shape index (κ1) is 30.2. The van der Waals surface area contributed by atoms with E-state index in [0.29, 0.717) is 0 Å². The standard InChI is InChI=1S/C27H25F3N4O5S/c1-16-21(14-32)24(20-10-9-17(13-31)11-22(20)40(5,37)38)33(15-23(35)39-26(2,3)4)25(36)34(16)19-8-6-7-18(12-19)27(28,29)30/h6-12,24H,15H2,1-5H3/t24-/m0/s1. The molecule has 210 valence electrons. The number of halogens is 3. The van der Waals surface area contributed by atoms with Crippen LogP contribution in [0.1, 0.15) is 50.4 Å². The summed E-state index contributed by atoms with van der Waals surface area (Å²) in [6.07, 6.45) is -3.84. The number of urea groups is 1. The SMILES string of the molecule is CC1=C(C#N)[C@H](c2ccc(C#N)cc2S(C)(=O)=O)N(CC(=O)OC(C)(C)C)C(=O)N1c1cccc(C(F)(F)F)c1. The molecule has 3 rings (SSSR count). The lowest BCUT2D eigenvalue weighted by Crippen LogP contribution is -2.52. The van der Waals surface area contributed by atoms with Crippen LogP contribution >= 0.6 is 0 Å². The Morgan fingerprint density at radius 2 is 1.73 bits per heavy atom. The van der Waals surface area contributed by atoms with Gasteiger partial charge in [-0.3, -0.25) is 9.69 Å². The van der Waals surface area contributed by atoms with Crippen LogP contribution in [0.4, 0.5) is 23.7 Å². The second-order valence-corrected chi connectivity index (χ2v) is 12.0. The van der Waals surface area contributed by atoms with Crippen LogP contribution in [0.5, 0.6) is 0 Å². The van der Waals surface area contributed by atoms with Gasteiger partial charge in [-0.15, -0.1) is 0 Å². The molecular formula is C27H25F3N4O5S. The molecular weight excluding hydrogens is 549 g/mol. The molecule has 2 aromatic rings. The Labute approximate surface area is 229 Å². The van der Waals surface area contributed by atoms with Gasteiger partial charge in [-0.1, -0.05) is 12.1 Å². The number of hydrogen-bond acceptors (Lipinski definition) is 7. The van der Waals surface area contributed by atoms with E-state index in [1.165, 1.54) is 25.1 Å². The van der Waals surface area contributed by atoms with Crippen molar-refractivity contribution in [3.05, 3.63) is 70.4 Å². The molecule has 1 aliphatic rings. The Balaban J connectivity index is 2.33. The number of nitriles is 2. The number of amides is 2. The monoisotopic (exact) mass is 574 g/mol. The number of benzene rings is 2. The fraction of sp³-hybridized carbons (Fsp3) is 0.333. The number of carbonyl (C=O) groups is 2. The maximum atomic E-state index is 13.9. The van der Waals surface area contributed by atoms with Crippen LogP contribution in [0.2, 0.25) is 0 Å². The third kappa shape index (κ3) is 6.26. The minimum Gasteiger partial charge on any atom is -0.459 e. The van der Waals surface area contributed by atoms with Gasteiger partial charge in [-0.2, -0.15) is 23.7 Å². The van der Waals surface area contributed by atoms with Crippen molar-refractivity contribution in [1.29, 1.82) is 10.5 Å². The number of anilines is 1. The number of nitrogens with zero attached hydrogens (tertiary/aromatic N) is 4. The normalized spacial score (nSPS) is 16.4. The summed E-state index contributed by atoms with van der Waals surface area (Å²) in [4.78, 5) is 28.2. The van der Waals surface area contributed by atoms with Gasteiger partial charge >= 0.3 is 18.2 Å². The number of ether oxygens (including phenoxy) is 1. The van der Waals surface area contributed by atoms with Crippen LogP contribution in [-0.4, -0.2) is 43.7 Å². The maximum Gasteiger partial charge on any atom is 0.416 e. The molecule has 13 heteroatoms. The van der Waals surface area contributed by atoms with E-state index >= 15 is 0 Å². The molecule has 1 aliphatic heterocycles. The molecule has 40 heavy (non-hydrogen) atoms. The summed E-state index contributed by atoms with van der Waals surface area (Å²) in [7, 11) is -4.03. The van der Waals surface area contributed by atoms with Gasteiger partial charge in [0.15, 0.2) is 9.84 Å². The first-order valence-electron chi connectivity index (χ1n) is 11.7. The second-order valence-electron chi connectivity index (χ2n) is 10.0. The largest absolute Gasteiger partial charge is 0.459 e. The fourth-order valence-electron chi connectivity index (χ4n) is 4.27. The average Bonchev–Trinajstić information content (AvgIpc) is 2.83. The van der Waals surface area contributed by atoms with Gasteiger partial charge in [-0.05, 0) is 63.6 Å². The molecule has 0 radical (unpaired) electrons. The highest BCUT2D eigenvalue weighted by Crippen LogP contribution is 2.42. The highest BCUT2D eigenvalue weighted by atomic mass is 32.2. The van der Waals surface area contributed by atoms with E-state index in [-0.39, 0.29) is 33.0 Å². The predicted molar refractivity (Wildman–Crippen MR) is 137 cm³/mol. The van der Waals surface area contributed by atoms with Crippen LogP contribution in [0, 0.1) is 22.7 Å². The van der Waals surface area contributed by atoms with Crippen LogP contribution in [0.3, 0.4) is 0 Å². The molecule has 9 nitrogen and oxygen atoms in total. The molecule has 0 aromatic heterocycles. The smallest absolute Gasteiger partial charge is 0.416 e. The van der Waals surface area contributed by atoms with E-state index < -0.39 is 51.8 Å². The van der Waals surface area contributed by atoms with Crippen molar-refractivity contribution >= 4 is 27.5 Å². The highest BCUT2D eigenvalue weighted by Gasteiger charge is 2.43. The number of allylic oxidation sites excluding steroid dienone is 1. The number of rotatable bonds is 5. The molecule has 2 amide bonds. The lowest BCUT2D eigenvalue weighted by molar-refractivity contribution is -0.155. The molecule has 0 fully saturated rings. The molecule has 0 N–H and O–H groups in total. The third-order valence-electron chi connectivity index (χ3n) is 5.86. The molecule has 1 atom stereocenters. The molecule has 0 spiro atoms. The molecule has 0 saturated carbocycles. The van der Waals surface area contributed by atoms with Gasteiger partial charge in [0.1, 0.15) is 12.1 Å². The molecule has 0 aliphatic carbocycles. The van der Waals surface area contributed by atoms with Crippen molar-refractivity contribution in [3.63, 3.8) is 0 Å². The zero-order valence-electron chi connectivity index (χ0n) is 22.2. The Bertz CT molecular complexity index is 1600. The summed E-state index contributed by atoms with van der Waals surface area (Å²) in [5.41, 5.74) is -2.58. The van der Waals surface area contributed by atoms with Gasteiger partial charge < -0.3 is 9.64 Å². The van der Waals surface area contributed by atoms with Gasteiger partial charge in [0.05, 0.1) is 45.5 Å². The third-order valence-corrected chi connectivity index (χ3v) is 7.01. The van der Waals surface area contributed by atoms with Crippen molar-refractivity contribution in [1.82, 2.24) is 4.90 Å². The highest BCUT2D eigenvalue weighted by molar-refractivity contribution is 7.90. The molecule has 0 saturated heterocycles. The fourth-order valence-corrected chi connectivity index (χ4v) is 5.22. The zero-order chi connectivity index (χ0) is 30.2. The van der Waals surface area contributed by atoms with Crippen molar-refractivity contribution in [2.45, 2.75) is 50.4 Å². The van der Waals surface area contributed by atoms with E-state index in [9.17, 15) is 41.7 Å². The second kappa shape index (κ2) is 10.7. The quantitative estimate of drug-likeness (QED) is 0.454. The van der Waals surface area contributed by atoms with Gasteiger partial charge in [-0.25, -0.2) is 13.2 Å². The van der Waals surface area contributed by atoms with Gasteiger partial charge in [0, 0.05) is 12.0 Å². The maximum absolute atomic E-state index is 13.9. The van der Waals surface area contributed by atoms with E-state index in [1.54, 1.807) is 20.8 Å². The summed E-state index contributed by atoms with van der Waals surface area (Å²) < 4.78 is 71.2. The summed E-state index contributed by atoms with van der Waals surface area (Å²) in [5, 5.41) is 19.5. The summed E-state index contributed by atoms with van der Waals surface area (Å²) in [6.45, 7) is 5.32. The van der Waals surface area contributed by atoms with Crippen LogP contribution in [0.15, 0.2) is 58.6 Å². The summed E-state index contributed by atoms with van der Waals surface area (Å²) in [6, 6.07) is 8.86. The number of carbonyl (C=O) groups excluding carboxylic acids is 2. The summed E-state index contributed by atoms with van der Waals surface area (Å²) >= 11 is 0. The minimum atomic E-state index is -4.73. The average molecular weight is 575 g/mol. The van der Waals surface area contributed by atoms with Crippen LogP contribution in [0.25, 0.3) is 0 Å². The van der Waals surface area contributed by atoms with E-state index in [4.69, 9.17) is 4.74 Å². The first-order valence-corrected chi connectivity index (χ1v) is 13.6. The molecule has 0 unspecified atom stereocenters. The topological polar surface area (TPSA) is 132 Å². The Hall–Kier alpha value is -4.36. The minimum absolute atomic E-state index is 0.00481.